The van der Waals surface area contributed by atoms with Crippen LogP contribution in [-0.2, 0) is 0 Å². The first-order valence-electron chi connectivity index (χ1n) is 2.55. The molecule has 0 atom stereocenters. The predicted molar refractivity (Wildman–Crippen MR) is 39.8 cm³/mol. The molecule has 0 N–H and O–H groups in total. The van der Waals surface area contributed by atoms with Gasteiger partial charge in [-0.3, -0.25) is 4.79 Å². The number of aryl methyl sites for hydroxylation is 1. The minimum absolute atomic E-state index is 0.0411. The van der Waals surface area contributed by atoms with Gasteiger partial charge in [-0.2, -0.15) is 0 Å². The maximum Gasteiger partial charge on any atom is 0.260 e. The van der Waals surface area contributed by atoms with Gasteiger partial charge >= 0.3 is 0 Å². The summed E-state index contributed by atoms with van der Waals surface area (Å²) in [4.78, 5) is 10.7. The summed E-state index contributed by atoms with van der Waals surface area (Å²) in [5.41, 5.74) is 1.02. The number of aromatic nitrogens is 1. The molecule has 0 saturated heterocycles. The largest absolute Gasteiger partial charge is 0.268 e. The maximum absolute atomic E-state index is 10.7. The fraction of sp³-hybridized carbons (Fsp3) is 0.167. The van der Waals surface area contributed by atoms with E-state index in [1.807, 2.05) is 6.92 Å². The number of hydrogen-bond acceptors (Lipinski definition) is 1. The lowest BCUT2D eigenvalue weighted by Gasteiger charge is -1.92. The molecule has 2 nitrogen and oxygen atoms in total. The lowest BCUT2D eigenvalue weighted by molar-refractivity contribution is 1.14. The first kappa shape index (κ1) is 6.55. The Bertz CT molecular complexity index is 266. The molecule has 1 aromatic rings. The first-order valence-corrected chi connectivity index (χ1v) is 3.26. The van der Waals surface area contributed by atoms with Crippen LogP contribution in [0.3, 0.4) is 0 Å². The van der Waals surface area contributed by atoms with Crippen molar-refractivity contribution in [3.63, 3.8) is 0 Å². The zero-order valence-corrected chi connectivity index (χ0v) is 6.55. The Hall–Kier alpha value is -0.570. The van der Waals surface area contributed by atoms with Crippen molar-refractivity contribution in [1.82, 2.24) is 3.59 Å². The van der Waals surface area contributed by atoms with Crippen molar-refractivity contribution in [2.45, 2.75) is 6.92 Å². The van der Waals surface area contributed by atoms with Gasteiger partial charge < -0.3 is 0 Å². The SMILES string of the molecule is Cc1ccc(=O)n(Br)c1. The van der Waals surface area contributed by atoms with Crippen LogP contribution in [0.2, 0.25) is 0 Å². The Morgan fingerprint density at radius 1 is 1.56 bits per heavy atom. The van der Waals surface area contributed by atoms with Crippen molar-refractivity contribution in [2.24, 2.45) is 0 Å². The van der Waals surface area contributed by atoms with Crippen LogP contribution in [0.1, 0.15) is 5.56 Å². The number of rotatable bonds is 0. The van der Waals surface area contributed by atoms with Gasteiger partial charge in [0.1, 0.15) is 0 Å². The summed E-state index contributed by atoms with van der Waals surface area (Å²) in [7, 11) is 0. The van der Waals surface area contributed by atoms with E-state index in [4.69, 9.17) is 0 Å². The summed E-state index contributed by atoms with van der Waals surface area (Å²) in [5.74, 6) is 0. The minimum Gasteiger partial charge on any atom is -0.268 e. The van der Waals surface area contributed by atoms with Crippen LogP contribution in [0, 0.1) is 6.92 Å². The number of nitrogens with zero attached hydrogens (tertiary/aromatic N) is 1. The van der Waals surface area contributed by atoms with Gasteiger partial charge in [0.05, 0.1) is 16.1 Å². The van der Waals surface area contributed by atoms with Crippen LogP contribution in [0.4, 0.5) is 0 Å². The maximum atomic E-state index is 10.7. The summed E-state index contributed by atoms with van der Waals surface area (Å²) < 4.78 is 1.38. The zero-order valence-electron chi connectivity index (χ0n) is 4.97. The van der Waals surface area contributed by atoms with E-state index in [9.17, 15) is 4.79 Å². The van der Waals surface area contributed by atoms with Gasteiger partial charge in [-0.15, -0.1) is 0 Å². The monoisotopic (exact) mass is 187 g/mol. The standard InChI is InChI=1S/C6H6BrNO/c1-5-2-3-6(9)8(7)4-5/h2-4H,1H3. The molecule has 48 valence electrons. The van der Waals surface area contributed by atoms with E-state index in [0.29, 0.717) is 0 Å². The molecule has 0 aliphatic heterocycles. The molecule has 0 fully saturated rings. The third-order valence-electron chi connectivity index (χ3n) is 1.02. The molecule has 1 rings (SSSR count). The predicted octanol–water partition coefficient (Wildman–Crippen LogP) is 1.31. The molecule has 1 aromatic heterocycles. The Morgan fingerprint density at radius 3 is 2.67 bits per heavy atom. The summed E-state index contributed by atoms with van der Waals surface area (Å²) in [6, 6.07) is 3.30. The highest BCUT2D eigenvalue weighted by Gasteiger charge is 1.87. The minimum atomic E-state index is -0.0411. The highest BCUT2D eigenvalue weighted by Crippen LogP contribution is 1.93. The lowest BCUT2D eigenvalue weighted by atomic mass is 10.3. The molecule has 9 heavy (non-hydrogen) atoms. The average Bonchev–Trinajstić information content (AvgIpc) is 1.80. The van der Waals surface area contributed by atoms with E-state index in [1.165, 1.54) is 9.66 Å². The van der Waals surface area contributed by atoms with Crippen LogP contribution in [-0.4, -0.2) is 3.59 Å². The third-order valence-corrected chi connectivity index (χ3v) is 1.57. The van der Waals surface area contributed by atoms with Crippen molar-refractivity contribution < 1.29 is 0 Å². The topological polar surface area (TPSA) is 22.0 Å². The van der Waals surface area contributed by atoms with E-state index in [1.54, 1.807) is 12.3 Å². The van der Waals surface area contributed by atoms with Gasteiger partial charge in [-0.1, -0.05) is 6.07 Å². The van der Waals surface area contributed by atoms with Gasteiger partial charge in [-0.05, 0) is 12.5 Å². The van der Waals surface area contributed by atoms with Crippen molar-refractivity contribution >= 4 is 16.1 Å². The molecule has 0 bridgehead atoms. The third kappa shape index (κ3) is 1.42. The lowest BCUT2D eigenvalue weighted by Crippen LogP contribution is -2.08. The summed E-state index contributed by atoms with van der Waals surface area (Å²) in [5, 5.41) is 0. The molecule has 3 heteroatoms. The molecule has 0 saturated carbocycles. The van der Waals surface area contributed by atoms with E-state index in [-0.39, 0.29) is 5.56 Å². The van der Waals surface area contributed by atoms with Gasteiger partial charge in [0, 0.05) is 12.3 Å². The smallest absolute Gasteiger partial charge is 0.260 e. The van der Waals surface area contributed by atoms with E-state index in [0.717, 1.165) is 5.56 Å². The quantitative estimate of drug-likeness (QED) is 0.601. The molecule has 0 radical (unpaired) electrons. The van der Waals surface area contributed by atoms with Crippen molar-refractivity contribution in [2.75, 3.05) is 0 Å². The molecule has 1 heterocycles. The van der Waals surface area contributed by atoms with Crippen LogP contribution >= 0.6 is 16.1 Å². The second kappa shape index (κ2) is 2.35. The molecule has 0 spiro atoms. The Kier molecular flexibility index (Phi) is 1.71. The Balaban J connectivity index is 3.34. The van der Waals surface area contributed by atoms with Crippen LogP contribution in [0.15, 0.2) is 23.1 Å². The molecular formula is C6H6BrNO. The Morgan fingerprint density at radius 2 is 2.22 bits per heavy atom. The first-order chi connectivity index (χ1) is 4.20. The van der Waals surface area contributed by atoms with Crippen LogP contribution < -0.4 is 5.56 Å². The van der Waals surface area contributed by atoms with Gasteiger partial charge in [0.2, 0.25) is 0 Å². The molecule has 0 aliphatic rings. The van der Waals surface area contributed by atoms with Crippen molar-refractivity contribution in [1.29, 1.82) is 0 Å². The van der Waals surface area contributed by atoms with Crippen LogP contribution in [0.5, 0.6) is 0 Å². The zero-order chi connectivity index (χ0) is 6.85. The van der Waals surface area contributed by atoms with Gasteiger partial charge in [0.25, 0.3) is 5.56 Å². The average molecular weight is 188 g/mol. The second-order valence-corrected chi connectivity index (χ2v) is 2.62. The molecular weight excluding hydrogens is 182 g/mol. The number of pyridine rings is 1. The van der Waals surface area contributed by atoms with E-state index >= 15 is 0 Å². The summed E-state index contributed by atoms with van der Waals surface area (Å²) in [6.45, 7) is 1.93. The summed E-state index contributed by atoms with van der Waals surface area (Å²) >= 11 is 3.05. The van der Waals surface area contributed by atoms with Crippen LogP contribution in [0.25, 0.3) is 0 Å². The number of halogens is 1. The molecule has 0 aliphatic carbocycles. The fourth-order valence-corrected chi connectivity index (χ4v) is 1.00. The van der Waals surface area contributed by atoms with E-state index < -0.39 is 0 Å². The van der Waals surface area contributed by atoms with Crippen molar-refractivity contribution in [3.05, 3.63) is 34.2 Å². The molecule has 0 amide bonds. The highest BCUT2D eigenvalue weighted by atomic mass is 79.9. The normalized spacial score (nSPS) is 9.56. The van der Waals surface area contributed by atoms with E-state index in [2.05, 4.69) is 16.1 Å². The summed E-state index contributed by atoms with van der Waals surface area (Å²) in [6.07, 6.45) is 1.72. The van der Waals surface area contributed by atoms with Gasteiger partial charge in [-0.25, -0.2) is 3.59 Å². The molecule has 0 aromatic carbocycles. The Labute approximate surface area is 61.5 Å². The van der Waals surface area contributed by atoms with Crippen molar-refractivity contribution in [3.8, 4) is 0 Å². The second-order valence-electron chi connectivity index (χ2n) is 1.86. The molecule has 0 unspecified atom stereocenters. The fourth-order valence-electron chi connectivity index (χ4n) is 0.559. The number of hydrogen-bond donors (Lipinski definition) is 0. The van der Waals surface area contributed by atoms with Gasteiger partial charge in [0.15, 0.2) is 0 Å². The highest BCUT2D eigenvalue weighted by molar-refractivity contribution is 9.08.